The molecule has 0 aliphatic rings. The first kappa shape index (κ1) is 18.3. The second-order valence-corrected chi connectivity index (χ2v) is 6.84. The smallest absolute Gasteiger partial charge is 0.317 e. The highest BCUT2D eigenvalue weighted by atomic mass is 32.1. The summed E-state index contributed by atoms with van der Waals surface area (Å²) in [6, 6.07) is 8.02. The number of nitrogens with zero attached hydrogens (tertiary/aromatic N) is 2. The van der Waals surface area contributed by atoms with E-state index in [4.69, 9.17) is 4.74 Å². The summed E-state index contributed by atoms with van der Waals surface area (Å²) in [5, 5.41) is 5.74. The van der Waals surface area contributed by atoms with Gasteiger partial charge in [-0.3, -0.25) is 0 Å². The van der Waals surface area contributed by atoms with Crippen molar-refractivity contribution in [2.45, 2.75) is 46.9 Å². The Morgan fingerprint density at radius 1 is 1.42 bits per heavy atom. The molecule has 0 radical (unpaired) electrons. The van der Waals surface area contributed by atoms with Crippen molar-refractivity contribution < 1.29 is 9.53 Å². The molecule has 0 fully saturated rings. The first-order valence-electron chi connectivity index (χ1n) is 8.16. The maximum absolute atomic E-state index is 12.1. The molecular weight excluding hydrogens is 322 g/mol. The predicted octanol–water partition coefficient (Wildman–Crippen LogP) is 3.97. The van der Waals surface area contributed by atoms with Gasteiger partial charge in [-0.15, -0.1) is 11.3 Å². The van der Waals surface area contributed by atoms with Crippen LogP contribution in [0.2, 0.25) is 0 Å². The number of nitrogens with one attached hydrogen (secondary N) is 1. The average Bonchev–Trinajstić information content (AvgIpc) is 2.98. The molecule has 2 rings (SSSR count). The number of thiazole rings is 1. The Hall–Kier alpha value is -2.08. The molecule has 0 saturated carbocycles. The molecule has 0 aliphatic heterocycles. The minimum absolute atomic E-state index is 0.0574. The number of carbonyl (C=O) groups is 1. The number of carbonyl (C=O) groups excluding carboxylic acids is 1. The van der Waals surface area contributed by atoms with Crippen LogP contribution in [0, 0.1) is 6.92 Å². The van der Waals surface area contributed by atoms with Crippen LogP contribution in [0.5, 0.6) is 5.75 Å². The molecule has 1 heterocycles. The molecule has 0 bridgehead atoms. The molecule has 1 aromatic carbocycles. The highest BCUT2D eigenvalue weighted by molar-refractivity contribution is 7.09. The average molecular weight is 347 g/mol. The van der Waals surface area contributed by atoms with Crippen LogP contribution in [-0.2, 0) is 13.2 Å². The van der Waals surface area contributed by atoms with Crippen LogP contribution < -0.4 is 10.1 Å². The Morgan fingerprint density at radius 3 is 2.88 bits per heavy atom. The summed E-state index contributed by atoms with van der Waals surface area (Å²) in [4.78, 5) is 18.5. The maximum Gasteiger partial charge on any atom is 0.317 e. The number of rotatable bonds is 7. The standard InChI is InChI=1S/C18H25N3O2S/c1-5-19-18(22)21(13(2)3)10-15-12-24-17(20-15)11-23-16-8-6-7-14(4)9-16/h6-9,12-13H,5,10-11H2,1-4H3,(H,19,22). The monoisotopic (exact) mass is 347 g/mol. The Kier molecular flexibility index (Phi) is 6.61. The molecule has 130 valence electrons. The lowest BCUT2D eigenvalue weighted by Gasteiger charge is -2.25. The Bertz CT molecular complexity index is 670. The van der Waals surface area contributed by atoms with Crippen LogP contribution >= 0.6 is 11.3 Å². The molecule has 0 spiro atoms. The van der Waals surface area contributed by atoms with E-state index in [-0.39, 0.29) is 12.1 Å². The fraction of sp³-hybridized carbons (Fsp3) is 0.444. The fourth-order valence-corrected chi connectivity index (χ4v) is 2.95. The summed E-state index contributed by atoms with van der Waals surface area (Å²) in [5.41, 5.74) is 2.06. The van der Waals surface area contributed by atoms with E-state index in [9.17, 15) is 4.79 Å². The molecule has 24 heavy (non-hydrogen) atoms. The van der Waals surface area contributed by atoms with Crippen molar-refractivity contribution in [2.24, 2.45) is 0 Å². The van der Waals surface area contributed by atoms with Crippen LogP contribution in [0.15, 0.2) is 29.6 Å². The van der Waals surface area contributed by atoms with Gasteiger partial charge in [0.2, 0.25) is 0 Å². The number of aryl methyl sites for hydroxylation is 1. The van der Waals surface area contributed by atoms with Crippen molar-refractivity contribution in [3.63, 3.8) is 0 Å². The van der Waals surface area contributed by atoms with Gasteiger partial charge in [-0.1, -0.05) is 12.1 Å². The van der Waals surface area contributed by atoms with Crippen molar-refractivity contribution in [1.82, 2.24) is 15.2 Å². The van der Waals surface area contributed by atoms with Gasteiger partial charge in [0.05, 0.1) is 12.2 Å². The van der Waals surface area contributed by atoms with Crippen molar-refractivity contribution >= 4 is 17.4 Å². The van der Waals surface area contributed by atoms with Crippen molar-refractivity contribution in [3.05, 3.63) is 45.9 Å². The Balaban J connectivity index is 1.95. The number of urea groups is 1. The molecule has 0 unspecified atom stereocenters. The van der Waals surface area contributed by atoms with Gasteiger partial charge in [-0.05, 0) is 45.4 Å². The quantitative estimate of drug-likeness (QED) is 0.824. The lowest BCUT2D eigenvalue weighted by molar-refractivity contribution is 0.179. The van der Waals surface area contributed by atoms with Gasteiger partial charge >= 0.3 is 6.03 Å². The molecule has 1 aromatic heterocycles. The van der Waals surface area contributed by atoms with E-state index in [1.54, 1.807) is 16.2 Å². The summed E-state index contributed by atoms with van der Waals surface area (Å²) >= 11 is 1.56. The van der Waals surface area contributed by atoms with E-state index in [0.29, 0.717) is 19.7 Å². The highest BCUT2D eigenvalue weighted by Gasteiger charge is 2.18. The third-order valence-corrected chi connectivity index (χ3v) is 4.37. The largest absolute Gasteiger partial charge is 0.486 e. The van der Waals surface area contributed by atoms with Crippen molar-refractivity contribution in [1.29, 1.82) is 0 Å². The molecule has 1 N–H and O–H groups in total. The van der Waals surface area contributed by atoms with Gasteiger partial charge in [0, 0.05) is 18.0 Å². The zero-order valence-electron chi connectivity index (χ0n) is 14.7. The van der Waals surface area contributed by atoms with Crippen LogP contribution in [-0.4, -0.2) is 28.5 Å². The number of hydrogen-bond donors (Lipinski definition) is 1. The Morgan fingerprint density at radius 2 is 2.21 bits per heavy atom. The third kappa shape index (κ3) is 5.23. The van der Waals surface area contributed by atoms with Crippen LogP contribution in [0.3, 0.4) is 0 Å². The lowest BCUT2D eigenvalue weighted by Crippen LogP contribution is -2.43. The van der Waals surface area contributed by atoms with Gasteiger partial charge < -0.3 is 15.0 Å². The number of benzene rings is 1. The van der Waals surface area contributed by atoms with Gasteiger partial charge in [0.1, 0.15) is 17.4 Å². The van der Waals surface area contributed by atoms with Gasteiger partial charge in [0.15, 0.2) is 0 Å². The molecule has 2 amide bonds. The first-order chi connectivity index (χ1) is 11.5. The van der Waals surface area contributed by atoms with E-state index < -0.39 is 0 Å². The summed E-state index contributed by atoms with van der Waals surface area (Å²) in [6.45, 7) is 9.53. The maximum atomic E-state index is 12.1. The van der Waals surface area contributed by atoms with Crippen LogP contribution in [0.1, 0.15) is 37.0 Å². The number of aromatic nitrogens is 1. The van der Waals surface area contributed by atoms with E-state index in [2.05, 4.69) is 10.3 Å². The zero-order chi connectivity index (χ0) is 17.5. The summed E-state index contributed by atoms with van der Waals surface area (Å²) < 4.78 is 5.78. The molecule has 0 saturated heterocycles. The topological polar surface area (TPSA) is 54.5 Å². The lowest BCUT2D eigenvalue weighted by atomic mass is 10.2. The van der Waals surface area contributed by atoms with Crippen LogP contribution in [0.4, 0.5) is 4.79 Å². The van der Waals surface area contributed by atoms with E-state index in [1.807, 2.05) is 57.3 Å². The zero-order valence-corrected chi connectivity index (χ0v) is 15.5. The predicted molar refractivity (Wildman–Crippen MR) is 97.4 cm³/mol. The minimum atomic E-state index is -0.0574. The Labute approximate surface area is 147 Å². The van der Waals surface area contributed by atoms with Crippen molar-refractivity contribution in [2.75, 3.05) is 6.54 Å². The summed E-state index contributed by atoms with van der Waals surface area (Å²) in [5.74, 6) is 0.845. The fourth-order valence-electron chi connectivity index (χ4n) is 2.25. The number of ether oxygens (including phenoxy) is 1. The third-order valence-electron chi connectivity index (χ3n) is 3.50. The molecule has 5 nitrogen and oxygen atoms in total. The van der Waals surface area contributed by atoms with Crippen LogP contribution in [0.25, 0.3) is 0 Å². The normalized spacial score (nSPS) is 10.7. The molecule has 6 heteroatoms. The molecule has 2 aromatic rings. The summed E-state index contributed by atoms with van der Waals surface area (Å²) in [7, 11) is 0. The molecule has 0 aliphatic carbocycles. The van der Waals surface area contributed by atoms with E-state index in [0.717, 1.165) is 16.5 Å². The van der Waals surface area contributed by atoms with Crippen molar-refractivity contribution in [3.8, 4) is 5.75 Å². The summed E-state index contributed by atoms with van der Waals surface area (Å²) in [6.07, 6.45) is 0. The van der Waals surface area contributed by atoms with E-state index in [1.165, 1.54) is 5.56 Å². The van der Waals surface area contributed by atoms with Gasteiger partial charge in [0.25, 0.3) is 0 Å². The molecule has 0 atom stereocenters. The van der Waals surface area contributed by atoms with Gasteiger partial charge in [-0.2, -0.15) is 0 Å². The highest BCUT2D eigenvalue weighted by Crippen LogP contribution is 2.18. The first-order valence-corrected chi connectivity index (χ1v) is 9.04. The van der Waals surface area contributed by atoms with Gasteiger partial charge in [-0.25, -0.2) is 9.78 Å². The second-order valence-electron chi connectivity index (χ2n) is 5.89. The molecular formula is C18H25N3O2S. The number of hydrogen-bond acceptors (Lipinski definition) is 4. The number of amides is 2. The second kappa shape index (κ2) is 8.68. The van der Waals surface area contributed by atoms with E-state index >= 15 is 0 Å². The minimum Gasteiger partial charge on any atom is -0.486 e. The SMILES string of the molecule is CCNC(=O)N(Cc1csc(COc2cccc(C)c2)n1)C(C)C.